The minimum atomic E-state index is -0.989. The molecule has 1 atom stereocenters. The normalized spacial score (nSPS) is 18.3. The van der Waals surface area contributed by atoms with Gasteiger partial charge in [-0.2, -0.15) is 0 Å². The molecule has 1 aliphatic carbocycles. The lowest BCUT2D eigenvalue weighted by atomic mass is 10.0. The Kier molecular flexibility index (Phi) is 4.37. The number of rotatable bonds is 6. The third-order valence-corrected chi connectivity index (χ3v) is 3.61. The summed E-state index contributed by atoms with van der Waals surface area (Å²) in [4.78, 5) is 23.7. The average molecular weight is 242 g/mol. The van der Waals surface area contributed by atoms with Crippen LogP contribution in [-0.2, 0) is 4.79 Å². The highest BCUT2D eigenvalue weighted by Gasteiger charge is 2.41. The van der Waals surface area contributed by atoms with Crippen molar-refractivity contribution in [3.05, 3.63) is 0 Å². The molecule has 0 aromatic heterocycles. The van der Waals surface area contributed by atoms with Crippen LogP contribution in [0.5, 0.6) is 0 Å². The number of aliphatic carboxylic acids is 1. The van der Waals surface area contributed by atoms with Crippen LogP contribution in [0.1, 0.15) is 39.5 Å². The van der Waals surface area contributed by atoms with Crippen LogP contribution in [0.25, 0.3) is 0 Å². The number of amides is 2. The molecule has 0 saturated heterocycles. The molecule has 2 amide bonds. The van der Waals surface area contributed by atoms with Gasteiger partial charge in [0, 0.05) is 13.6 Å². The predicted molar refractivity (Wildman–Crippen MR) is 64.8 cm³/mol. The third kappa shape index (κ3) is 3.61. The Bertz CT molecular complexity index is 300. The van der Waals surface area contributed by atoms with E-state index in [2.05, 4.69) is 12.2 Å². The van der Waals surface area contributed by atoms with Gasteiger partial charge in [-0.1, -0.05) is 13.3 Å². The summed E-state index contributed by atoms with van der Waals surface area (Å²) in [5.41, 5.74) is 0.289. The first kappa shape index (κ1) is 13.8. The first-order chi connectivity index (χ1) is 7.92. The average Bonchev–Trinajstić information content (AvgIpc) is 3.04. The third-order valence-electron chi connectivity index (χ3n) is 3.61. The van der Waals surface area contributed by atoms with Gasteiger partial charge in [-0.25, -0.2) is 9.59 Å². The van der Waals surface area contributed by atoms with Gasteiger partial charge in [-0.05, 0) is 31.6 Å². The van der Waals surface area contributed by atoms with E-state index in [1.807, 2.05) is 0 Å². The maximum absolute atomic E-state index is 11.7. The molecular weight excluding hydrogens is 220 g/mol. The molecule has 5 nitrogen and oxygen atoms in total. The van der Waals surface area contributed by atoms with E-state index in [1.165, 1.54) is 31.7 Å². The first-order valence-corrected chi connectivity index (χ1v) is 6.15. The first-order valence-electron chi connectivity index (χ1n) is 6.15. The Morgan fingerprint density at radius 2 is 2.06 bits per heavy atom. The summed E-state index contributed by atoms with van der Waals surface area (Å²) in [5, 5.41) is 11.6. The number of hydrogen-bond acceptors (Lipinski definition) is 2. The Balaban J connectivity index is 2.37. The molecule has 1 fully saturated rings. The van der Waals surface area contributed by atoms with Gasteiger partial charge in [-0.3, -0.25) is 0 Å². The van der Waals surface area contributed by atoms with E-state index < -0.39 is 12.0 Å². The number of hydrogen-bond donors (Lipinski definition) is 2. The summed E-state index contributed by atoms with van der Waals surface area (Å²) in [6.07, 6.45) is 4.58. The van der Waals surface area contributed by atoms with Gasteiger partial charge >= 0.3 is 12.0 Å². The molecule has 0 aromatic rings. The molecule has 5 heteroatoms. The second-order valence-corrected chi connectivity index (χ2v) is 5.03. The Labute approximate surface area is 102 Å². The Morgan fingerprint density at radius 3 is 2.47 bits per heavy atom. The fourth-order valence-electron chi connectivity index (χ4n) is 1.95. The van der Waals surface area contributed by atoms with E-state index in [9.17, 15) is 9.59 Å². The molecule has 1 rings (SSSR count). The van der Waals surface area contributed by atoms with E-state index in [4.69, 9.17) is 5.11 Å². The van der Waals surface area contributed by atoms with Gasteiger partial charge in [0.05, 0.1) is 0 Å². The highest BCUT2D eigenvalue weighted by molar-refractivity contribution is 5.82. The molecule has 17 heavy (non-hydrogen) atoms. The lowest BCUT2D eigenvalue weighted by Crippen LogP contribution is -2.47. The SMILES string of the molecule is CCCC1(CNC(=O)N(C)C(C)C(=O)O)CC1. The van der Waals surface area contributed by atoms with Crippen molar-refractivity contribution in [3.8, 4) is 0 Å². The summed E-state index contributed by atoms with van der Waals surface area (Å²) in [6.45, 7) is 4.30. The van der Waals surface area contributed by atoms with Crippen LogP contribution >= 0.6 is 0 Å². The van der Waals surface area contributed by atoms with Gasteiger partial charge in [0.15, 0.2) is 0 Å². The molecule has 0 aromatic carbocycles. The van der Waals surface area contributed by atoms with Crippen LogP contribution in [0.4, 0.5) is 4.79 Å². The molecular formula is C12H22N2O3. The lowest BCUT2D eigenvalue weighted by Gasteiger charge is -2.23. The summed E-state index contributed by atoms with van der Waals surface area (Å²) >= 11 is 0. The van der Waals surface area contributed by atoms with Gasteiger partial charge in [-0.15, -0.1) is 0 Å². The van der Waals surface area contributed by atoms with E-state index in [1.54, 1.807) is 0 Å². The maximum Gasteiger partial charge on any atom is 0.326 e. The van der Waals surface area contributed by atoms with Crippen molar-refractivity contribution in [1.82, 2.24) is 10.2 Å². The van der Waals surface area contributed by atoms with Gasteiger partial charge < -0.3 is 15.3 Å². The van der Waals surface area contributed by atoms with Crippen molar-refractivity contribution in [3.63, 3.8) is 0 Å². The number of carboxylic acids is 1. The van der Waals surface area contributed by atoms with Gasteiger partial charge in [0.2, 0.25) is 0 Å². The van der Waals surface area contributed by atoms with Crippen LogP contribution < -0.4 is 5.32 Å². The molecule has 1 saturated carbocycles. The topological polar surface area (TPSA) is 69.6 Å². The molecule has 0 heterocycles. The summed E-state index contributed by atoms with van der Waals surface area (Å²) < 4.78 is 0. The number of carbonyl (C=O) groups excluding carboxylic acids is 1. The molecule has 0 spiro atoms. The minimum Gasteiger partial charge on any atom is -0.480 e. The van der Waals surface area contributed by atoms with Crippen molar-refractivity contribution in [1.29, 1.82) is 0 Å². The van der Waals surface area contributed by atoms with E-state index >= 15 is 0 Å². The number of likely N-dealkylation sites (N-methyl/N-ethyl adjacent to an activating group) is 1. The van der Waals surface area contributed by atoms with Crippen LogP contribution in [-0.4, -0.2) is 41.6 Å². The zero-order valence-electron chi connectivity index (χ0n) is 10.8. The zero-order chi connectivity index (χ0) is 13.1. The molecule has 98 valence electrons. The van der Waals surface area contributed by atoms with Gasteiger partial charge in [0.1, 0.15) is 6.04 Å². The van der Waals surface area contributed by atoms with Crippen LogP contribution in [0.2, 0.25) is 0 Å². The largest absolute Gasteiger partial charge is 0.480 e. The maximum atomic E-state index is 11.7. The monoisotopic (exact) mass is 242 g/mol. The fourth-order valence-corrected chi connectivity index (χ4v) is 1.95. The molecule has 0 aliphatic heterocycles. The fraction of sp³-hybridized carbons (Fsp3) is 0.833. The number of nitrogens with zero attached hydrogens (tertiary/aromatic N) is 1. The highest BCUT2D eigenvalue weighted by Crippen LogP contribution is 2.48. The Hall–Kier alpha value is -1.26. The summed E-state index contributed by atoms with van der Waals surface area (Å²) in [7, 11) is 1.51. The smallest absolute Gasteiger partial charge is 0.326 e. The van der Waals surface area contributed by atoms with E-state index in [0.717, 1.165) is 12.8 Å². The van der Waals surface area contributed by atoms with E-state index in [0.29, 0.717) is 6.54 Å². The number of carbonyl (C=O) groups is 2. The van der Waals surface area contributed by atoms with Crippen molar-refractivity contribution < 1.29 is 14.7 Å². The van der Waals surface area contributed by atoms with Crippen molar-refractivity contribution in [2.75, 3.05) is 13.6 Å². The molecule has 2 N–H and O–H groups in total. The second-order valence-electron chi connectivity index (χ2n) is 5.03. The molecule has 0 radical (unpaired) electrons. The highest BCUT2D eigenvalue weighted by atomic mass is 16.4. The number of carboxylic acid groups (broad SMARTS) is 1. The standard InChI is InChI=1S/C12H22N2O3/c1-4-5-12(6-7-12)8-13-11(17)14(3)9(2)10(15)16/h9H,4-8H2,1-3H3,(H,13,17)(H,15,16). The van der Waals surface area contributed by atoms with E-state index in [-0.39, 0.29) is 11.4 Å². The molecule has 0 bridgehead atoms. The summed E-state index contributed by atoms with van der Waals surface area (Å²) in [5.74, 6) is -0.989. The molecule has 1 aliphatic rings. The van der Waals surface area contributed by atoms with Crippen LogP contribution in [0.3, 0.4) is 0 Å². The number of nitrogens with one attached hydrogen (secondary N) is 1. The quantitative estimate of drug-likeness (QED) is 0.744. The van der Waals surface area contributed by atoms with Gasteiger partial charge in [0.25, 0.3) is 0 Å². The minimum absolute atomic E-state index is 0.289. The van der Waals surface area contributed by atoms with Crippen molar-refractivity contribution >= 4 is 12.0 Å². The predicted octanol–water partition coefficient (Wildman–Crippen LogP) is 1.68. The lowest BCUT2D eigenvalue weighted by molar-refractivity contribution is -0.141. The summed E-state index contributed by atoms with van der Waals surface area (Å²) in [6, 6.07) is -1.10. The van der Waals surface area contributed by atoms with Crippen LogP contribution in [0, 0.1) is 5.41 Å². The Morgan fingerprint density at radius 1 is 1.47 bits per heavy atom. The van der Waals surface area contributed by atoms with Crippen LogP contribution in [0.15, 0.2) is 0 Å². The van der Waals surface area contributed by atoms with Crippen molar-refractivity contribution in [2.24, 2.45) is 5.41 Å². The zero-order valence-corrected chi connectivity index (χ0v) is 10.8. The molecule has 1 unspecified atom stereocenters. The second kappa shape index (κ2) is 5.38. The number of urea groups is 1. The van der Waals surface area contributed by atoms with Crippen molar-refractivity contribution in [2.45, 2.75) is 45.6 Å².